The minimum atomic E-state index is -0.689. The first kappa shape index (κ1) is 13.5. The Labute approximate surface area is 112 Å². The summed E-state index contributed by atoms with van der Waals surface area (Å²) in [6.45, 7) is 2.38. The molecule has 1 fully saturated rings. The van der Waals surface area contributed by atoms with Gasteiger partial charge in [0.2, 0.25) is 5.91 Å². The highest BCUT2D eigenvalue weighted by molar-refractivity contribution is 5.92. The second-order valence-corrected chi connectivity index (χ2v) is 4.95. The third-order valence-corrected chi connectivity index (χ3v) is 3.58. The number of nitrogens with zero attached hydrogens (tertiary/aromatic N) is 1. The van der Waals surface area contributed by atoms with Crippen molar-refractivity contribution in [3.05, 3.63) is 35.4 Å². The second kappa shape index (κ2) is 5.84. The number of benzene rings is 1. The van der Waals surface area contributed by atoms with Crippen molar-refractivity contribution in [2.24, 2.45) is 11.7 Å². The van der Waals surface area contributed by atoms with E-state index in [0.29, 0.717) is 18.4 Å². The first-order chi connectivity index (χ1) is 9.06. The SMILES string of the molecule is NC(=O)c1ccc(CN2CCC(C(=O)O)CC2)cc1. The minimum Gasteiger partial charge on any atom is -0.481 e. The molecule has 1 amide bonds. The summed E-state index contributed by atoms with van der Waals surface area (Å²) < 4.78 is 0. The van der Waals surface area contributed by atoms with Crippen molar-refractivity contribution in [1.29, 1.82) is 0 Å². The molecule has 19 heavy (non-hydrogen) atoms. The van der Waals surface area contributed by atoms with Crippen LogP contribution in [-0.2, 0) is 11.3 Å². The topological polar surface area (TPSA) is 83.6 Å². The van der Waals surface area contributed by atoms with Gasteiger partial charge in [-0.1, -0.05) is 12.1 Å². The maximum atomic E-state index is 11.0. The number of amides is 1. The third-order valence-electron chi connectivity index (χ3n) is 3.58. The number of nitrogens with two attached hydrogens (primary N) is 1. The molecule has 5 nitrogen and oxygen atoms in total. The number of aliphatic carboxylic acids is 1. The van der Waals surface area contributed by atoms with Crippen LogP contribution < -0.4 is 5.73 Å². The largest absolute Gasteiger partial charge is 0.481 e. The molecule has 0 unspecified atom stereocenters. The number of hydrogen-bond donors (Lipinski definition) is 2. The lowest BCUT2D eigenvalue weighted by molar-refractivity contribution is -0.143. The molecule has 1 aliphatic rings. The fourth-order valence-electron chi connectivity index (χ4n) is 2.37. The molecule has 0 atom stereocenters. The zero-order chi connectivity index (χ0) is 13.8. The lowest BCUT2D eigenvalue weighted by Gasteiger charge is -2.30. The standard InChI is InChI=1S/C14H18N2O3/c15-13(17)11-3-1-10(2-4-11)9-16-7-5-12(6-8-16)14(18)19/h1-4,12H,5-9H2,(H2,15,17)(H,18,19). The summed E-state index contributed by atoms with van der Waals surface area (Å²) in [4.78, 5) is 24.1. The predicted octanol–water partition coefficient (Wildman–Crippen LogP) is 1.08. The van der Waals surface area contributed by atoms with E-state index in [1.54, 1.807) is 12.1 Å². The third kappa shape index (κ3) is 3.54. The quantitative estimate of drug-likeness (QED) is 0.850. The summed E-state index contributed by atoms with van der Waals surface area (Å²) in [5, 5.41) is 8.93. The van der Waals surface area contributed by atoms with Gasteiger partial charge in [-0.15, -0.1) is 0 Å². The van der Waals surface area contributed by atoms with Gasteiger partial charge < -0.3 is 10.8 Å². The average Bonchev–Trinajstić information content (AvgIpc) is 2.40. The maximum absolute atomic E-state index is 11.0. The van der Waals surface area contributed by atoms with Crippen LogP contribution in [0.5, 0.6) is 0 Å². The van der Waals surface area contributed by atoms with Crippen LogP contribution in [0.3, 0.4) is 0 Å². The van der Waals surface area contributed by atoms with E-state index in [0.717, 1.165) is 25.2 Å². The summed E-state index contributed by atoms with van der Waals surface area (Å²) >= 11 is 0. The molecule has 5 heteroatoms. The molecule has 1 aliphatic heterocycles. The summed E-state index contributed by atoms with van der Waals surface area (Å²) in [6.07, 6.45) is 1.41. The van der Waals surface area contributed by atoms with Crippen molar-refractivity contribution in [2.45, 2.75) is 19.4 Å². The molecule has 102 valence electrons. The fourth-order valence-corrected chi connectivity index (χ4v) is 2.37. The van der Waals surface area contributed by atoms with Gasteiger partial charge in [0.15, 0.2) is 0 Å². The van der Waals surface area contributed by atoms with Crippen molar-refractivity contribution in [1.82, 2.24) is 4.90 Å². The molecule has 0 aromatic heterocycles. The lowest BCUT2D eigenvalue weighted by atomic mass is 9.97. The molecule has 1 aromatic carbocycles. The van der Waals surface area contributed by atoms with E-state index in [1.807, 2.05) is 12.1 Å². The number of carbonyl (C=O) groups excluding carboxylic acids is 1. The molecular weight excluding hydrogens is 244 g/mol. The van der Waals surface area contributed by atoms with Crippen LogP contribution in [0.25, 0.3) is 0 Å². The number of likely N-dealkylation sites (tertiary alicyclic amines) is 1. The molecule has 1 heterocycles. The van der Waals surface area contributed by atoms with E-state index in [4.69, 9.17) is 10.8 Å². The van der Waals surface area contributed by atoms with Crippen molar-refractivity contribution in [3.8, 4) is 0 Å². The number of piperidine rings is 1. The Morgan fingerprint density at radius 1 is 1.21 bits per heavy atom. The Kier molecular flexibility index (Phi) is 4.16. The molecule has 2 rings (SSSR count). The number of carboxylic acids is 1. The van der Waals surface area contributed by atoms with E-state index in [-0.39, 0.29) is 5.92 Å². The minimum absolute atomic E-state index is 0.200. The Hall–Kier alpha value is -1.88. The van der Waals surface area contributed by atoms with Gasteiger partial charge in [0.1, 0.15) is 0 Å². The summed E-state index contributed by atoms with van der Waals surface area (Å²) in [5.74, 6) is -1.31. The van der Waals surface area contributed by atoms with E-state index in [1.165, 1.54) is 0 Å². The van der Waals surface area contributed by atoms with E-state index in [2.05, 4.69) is 4.90 Å². The molecule has 0 saturated carbocycles. The lowest BCUT2D eigenvalue weighted by Crippen LogP contribution is -2.35. The number of rotatable bonds is 4. The van der Waals surface area contributed by atoms with Gasteiger partial charge in [0.05, 0.1) is 5.92 Å². The van der Waals surface area contributed by atoms with Gasteiger partial charge in [-0.2, -0.15) is 0 Å². The molecule has 0 spiro atoms. The van der Waals surface area contributed by atoms with Crippen LogP contribution in [0.4, 0.5) is 0 Å². The Balaban J connectivity index is 1.88. The van der Waals surface area contributed by atoms with Crippen molar-refractivity contribution < 1.29 is 14.7 Å². The van der Waals surface area contributed by atoms with E-state index >= 15 is 0 Å². The van der Waals surface area contributed by atoms with Crippen LogP contribution in [0, 0.1) is 5.92 Å². The monoisotopic (exact) mass is 262 g/mol. The molecule has 1 saturated heterocycles. The smallest absolute Gasteiger partial charge is 0.306 e. The summed E-state index contributed by atoms with van der Waals surface area (Å²) in [6, 6.07) is 7.23. The molecule has 3 N–H and O–H groups in total. The van der Waals surface area contributed by atoms with Gasteiger partial charge in [-0.25, -0.2) is 0 Å². The zero-order valence-electron chi connectivity index (χ0n) is 10.7. The van der Waals surface area contributed by atoms with Crippen LogP contribution in [0.1, 0.15) is 28.8 Å². The van der Waals surface area contributed by atoms with Crippen molar-refractivity contribution >= 4 is 11.9 Å². The van der Waals surface area contributed by atoms with Gasteiger partial charge in [0.25, 0.3) is 0 Å². The van der Waals surface area contributed by atoms with Crippen LogP contribution in [0.15, 0.2) is 24.3 Å². The van der Waals surface area contributed by atoms with Crippen molar-refractivity contribution in [3.63, 3.8) is 0 Å². The highest BCUT2D eigenvalue weighted by Crippen LogP contribution is 2.19. The first-order valence-corrected chi connectivity index (χ1v) is 6.40. The van der Waals surface area contributed by atoms with Crippen LogP contribution in [-0.4, -0.2) is 35.0 Å². The molecule has 1 aromatic rings. The fraction of sp³-hybridized carbons (Fsp3) is 0.429. The number of carbonyl (C=O) groups is 2. The molecule has 0 aliphatic carbocycles. The predicted molar refractivity (Wildman–Crippen MR) is 70.6 cm³/mol. The number of primary amides is 1. The number of carboxylic acid groups (broad SMARTS) is 1. The Morgan fingerprint density at radius 2 is 1.79 bits per heavy atom. The average molecular weight is 262 g/mol. The van der Waals surface area contributed by atoms with Gasteiger partial charge in [-0.3, -0.25) is 14.5 Å². The van der Waals surface area contributed by atoms with Gasteiger partial charge in [0, 0.05) is 12.1 Å². The molecular formula is C14H18N2O3. The molecule has 0 radical (unpaired) electrons. The summed E-state index contributed by atoms with van der Waals surface area (Å²) in [5.41, 5.74) is 6.80. The zero-order valence-corrected chi connectivity index (χ0v) is 10.7. The first-order valence-electron chi connectivity index (χ1n) is 6.40. The highest BCUT2D eigenvalue weighted by atomic mass is 16.4. The van der Waals surface area contributed by atoms with Crippen LogP contribution in [0.2, 0.25) is 0 Å². The van der Waals surface area contributed by atoms with E-state index < -0.39 is 11.9 Å². The Morgan fingerprint density at radius 3 is 2.26 bits per heavy atom. The molecule has 0 bridgehead atoms. The normalized spacial score (nSPS) is 17.3. The summed E-state index contributed by atoms with van der Waals surface area (Å²) in [7, 11) is 0. The van der Waals surface area contributed by atoms with E-state index in [9.17, 15) is 9.59 Å². The van der Waals surface area contributed by atoms with Crippen molar-refractivity contribution in [2.75, 3.05) is 13.1 Å². The second-order valence-electron chi connectivity index (χ2n) is 4.95. The van der Waals surface area contributed by atoms with Crippen LogP contribution >= 0.6 is 0 Å². The Bertz CT molecular complexity index is 462. The highest BCUT2D eigenvalue weighted by Gasteiger charge is 2.24. The van der Waals surface area contributed by atoms with Gasteiger partial charge in [-0.05, 0) is 43.6 Å². The van der Waals surface area contributed by atoms with Gasteiger partial charge >= 0.3 is 5.97 Å². The number of hydrogen-bond acceptors (Lipinski definition) is 3. The maximum Gasteiger partial charge on any atom is 0.306 e.